The van der Waals surface area contributed by atoms with Crippen LogP contribution in [0.25, 0.3) is 56.0 Å². The Bertz CT molecular complexity index is 1880. The second-order valence-corrected chi connectivity index (χ2v) is 10.9. The quantitative estimate of drug-likeness (QED) is 0.207. The fourth-order valence-electron chi connectivity index (χ4n) is 4.74. The number of H-pyrrole nitrogens is 2. The van der Waals surface area contributed by atoms with E-state index in [2.05, 4.69) is 62.8 Å². The van der Waals surface area contributed by atoms with Gasteiger partial charge >= 0.3 is 0 Å². The normalized spacial score (nSPS) is 11.8. The maximum Gasteiger partial charge on any atom is 0.161 e. The second-order valence-electron chi connectivity index (χ2n) is 10.9. The van der Waals surface area contributed by atoms with Crippen molar-refractivity contribution in [2.75, 3.05) is 5.32 Å². The number of aromatic nitrogens is 7. The summed E-state index contributed by atoms with van der Waals surface area (Å²) in [5.41, 5.74) is 5.51. The van der Waals surface area contributed by atoms with Crippen molar-refractivity contribution in [3.8, 4) is 34.0 Å². The monoisotopic (exact) mass is 536 g/mol. The molecule has 0 unspecified atom stereocenters. The zero-order valence-electron chi connectivity index (χ0n) is 22.2. The van der Waals surface area contributed by atoms with E-state index in [1.54, 1.807) is 42.9 Å². The number of anilines is 1. The molecule has 8 nitrogen and oxygen atoms in total. The summed E-state index contributed by atoms with van der Waals surface area (Å²) in [6.45, 7) is 10.5. The van der Waals surface area contributed by atoms with Crippen molar-refractivity contribution in [1.29, 1.82) is 0 Å². The Balaban J connectivity index is 1.40. The van der Waals surface area contributed by atoms with E-state index >= 15 is 4.39 Å². The number of nitrogens with one attached hydrogen (secondary N) is 3. The molecule has 0 saturated carbocycles. The van der Waals surface area contributed by atoms with E-state index in [0.29, 0.717) is 50.6 Å². The lowest BCUT2D eigenvalue weighted by Crippen LogP contribution is -2.10. The molecular formula is C30H26F2N8. The summed E-state index contributed by atoms with van der Waals surface area (Å²) in [5, 5.41) is 10.7. The Morgan fingerprint density at radius 1 is 0.925 bits per heavy atom. The van der Waals surface area contributed by atoms with E-state index in [1.165, 1.54) is 18.3 Å². The van der Waals surface area contributed by atoms with Crippen LogP contribution in [0.1, 0.15) is 27.2 Å². The van der Waals surface area contributed by atoms with Gasteiger partial charge in [-0.3, -0.25) is 20.1 Å². The summed E-state index contributed by atoms with van der Waals surface area (Å²) in [7, 11) is 0. The number of pyridine rings is 3. The molecule has 0 bridgehead atoms. The number of imidazole rings is 1. The molecule has 10 heteroatoms. The van der Waals surface area contributed by atoms with E-state index in [9.17, 15) is 4.39 Å². The van der Waals surface area contributed by atoms with Gasteiger partial charge in [0.05, 0.1) is 40.2 Å². The molecule has 0 aliphatic carbocycles. The number of allylic oxidation sites excluding steroid dienone is 1. The highest BCUT2D eigenvalue weighted by atomic mass is 19.1. The molecule has 5 heterocycles. The van der Waals surface area contributed by atoms with Crippen LogP contribution in [0.2, 0.25) is 0 Å². The number of halogens is 2. The Morgan fingerprint density at radius 2 is 1.73 bits per heavy atom. The first-order valence-electron chi connectivity index (χ1n) is 12.7. The van der Waals surface area contributed by atoms with Crippen molar-refractivity contribution in [1.82, 2.24) is 35.1 Å². The number of fused-ring (bicyclic) bond motifs is 2. The molecule has 200 valence electrons. The van der Waals surface area contributed by atoms with Crippen molar-refractivity contribution >= 4 is 27.6 Å². The molecule has 0 saturated heterocycles. The van der Waals surface area contributed by atoms with E-state index in [1.807, 2.05) is 0 Å². The van der Waals surface area contributed by atoms with Gasteiger partial charge in [0.1, 0.15) is 22.7 Å². The van der Waals surface area contributed by atoms with Crippen LogP contribution in [-0.2, 0) is 0 Å². The summed E-state index contributed by atoms with van der Waals surface area (Å²) in [4.78, 5) is 21.0. The zero-order valence-corrected chi connectivity index (χ0v) is 22.2. The molecule has 40 heavy (non-hydrogen) atoms. The van der Waals surface area contributed by atoms with Gasteiger partial charge in [-0.1, -0.05) is 27.4 Å². The Kier molecular flexibility index (Phi) is 6.10. The fraction of sp³-hybridized carbons (Fsp3) is 0.167. The number of rotatable bonds is 6. The predicted octanol–water partition coefficient (Wildman–Crippen LogP) is 7.27. The molecule has 0 aliphatic rings. The van der Waals surface area contributed by atoms with Crippen LogP contribution in [0.4, 0.5) is 14.5 Å². The first-order chi connectivity index (χ1) is 19.2. The number of benzene rings is 1. The van der Waals surface area contributed by atoms with Crippen LogP contribution in [-0.4, -0.2) is 35.1 Å². The van der Waals surface area contributed by atoms with Gasteiger partial charge in [0.15, 0.2) is 11.6 Å². The minimum Gasteiger partial charge on any atom is -0.358 e. The van der Waals surface area contributed by atoms with Gasteiger partial charge in [0.25, 0.3) is 0 Å². The molecular weight excluding hydrogens is 510 g/mol. The van der Waals surface area contributed by atoms with Gasteiger partial charge in [-0.25, -0.2) is 13.8 Å². The average molecular weight is 537 g/mol. The summed E-state index contributed by atoms with van der Waals surface area (Å²) in [6, 6.07) is 9.59. The third-order valence-corrected chi connectivity index (χ3v) is 6.36. The van der Waals surface area contributed by atoms with Crippen molar-refractivity contribution in [2.45, 2.75) is 27.2 Å². The highest BCUT2D eigenvalue weighted by molar-refractivity contribution is 5.97. The SMILES string of the molecule is C=C(CC(C)(C)C)Nc1cncc(-c2ncc3[nH]nc(-c4nc5c(-c6ccc(F)cc6)nccc5[nH]4)c3c2F)c1. The third kappa shape index (κ3) is 4.79. The lowest BCUT2D eigenvalue weighted by atomic mass is 9.91. The van der Waals surface area contributed by atoms with Gasteiger partial charge in [0.2, 0.25) is 0 Å². The first kappa shape index (κ1) is 25.3. The highest BCUT2D eigenvalue weighted by Crippen LogP contribution is 2.34. The molecule has 0 atom stereocenters. The van der Waals surface area contributed by atoms with Crippen molar-refractivity contribution in [2.24, 2.45) is 5.41 Å². The standard InChI is InChI=1S/C30H26F2N8/c1-16(12-30(2,3)4)36-20-11-18(13-33-14-20)25-24(32)23-22(15-35-25)39-40-28(23)29-37-21-9-10-34-26(27(21)38-29)17-5-7-19(31)8-6-17/h5-11,13-15,36H,1,12H2,2-4H3,(H,37,38)(H,39,40). The van der Waals surface area contributed by atoms with Crippen LogP contribution in [0.15, 0.2) is 73.5 Å². The second kappa shape index (κ2) is 9.64. The van der Waals surface area contributed by atoms with Gasteiger partial charge in [-0.2, -0.15) is 5.10 Å². The summed E-state index contributed by atoms with van der Waals surface area (Å²) in [5.74, 6) is -0.528. The number of hydrogen-bond donors (Lipinski definition) is 3. The lowest BCUT2D eigenvalue weighted by molar-refractivity contribution is 0.411. The van der Waals surface area contributed by atoms with E-state index in [4.69, 9.17) is 4.98 Å². The lowest BCUT2D eigenvalue weighted by Gasteiger charge is -2.20. The van der Waals surface area contributed by atoms with Gasteiger partial charge in [-0.15, -0.1) is 0 Å². The number of aromatic amines is 2. The zero-order chi connectivity index (χ0) is 28.0. The molecule has 0 aliphatic heterocycles. The Labute approximate surface area is 228 Å². The summed E-state index contributed by atoms with van der Waals surface area (Å²) in [6.07, 6.45) is 7.17. The smallest absolute Gasteiger partial charge is 0.161 e. The molecule has 0 radical (unpaired) electrons. The van der Waals surface area contributed by atoms with E-state index < -0.39 is 5.82 Å². The van der Waals surface area contributed by atoms with E-state index in [0.717, 1.165) is 12.1 Å². The molecule has 0 fully saturated rings. The van der Waals surface area contributed by atoms with Crippen LogP contribution >= 0.6 is 0 Å². The Morgan fingerprint density at radius 3 is 2.50 bits per heavy atom. The maximum atomic E-state index is 16.1. The largest absolute Gasteiger partial charge is 0.358 e. The first-order valence-corrected chi connectivity index (χ1v) is 12.7. The minimum absolute atomic E-state index is 0.0675. The van der Waals surface area contributed by atoms with Crippen molar-refractivity contribution in [3.63, 3.8) is 0 Å². The summed E-state index contributed by atoms with van der Waals surface area (Å²) < 4.78 is 29.6. The van der Waals surface area contributed by atoms with Crippen LogP contribution in [0.3, 0.4) is 0 Å². The molecule has 6 aromatic rings. The van der Waals surface area contributed by atoms with Gasteiger partial charge in [-0.05, 0) is 48.2 Å². The van der Waals surface area contributed by atoms with Gasteiger partial charge < -0.3 is 10.3 Å². The molecule has 3 N–H and O–H groups in total. The number of nitrogens with zero attached hydrogens (tertiary/aromatic N) is 5. The minimum atomic E-state index is -0.550. The maximum absolute atomic E-state index is 16.1. The fourth-order valence-corrected chi connectivity index (χ4v) is 4.74. The van der Waals surface area contributed by atoms with Gasteiger partial charge in [0, 0.05) is 29.2 Å². The highest BCUT2D eigenvalue weighted by Gasteiger charge is 2.22. The molecule has 1 aromatic carbocycles. The Hall–Kier alpha value is -4.99. The molecule has 0 amide bonds. The summed E-state index contributed by atoms with van der Waals surface area (Å²) >= 11 is 0. The molecule has 5 aromatic heterocycles. The van der Waals surface area contributed by atoms with Crippen LogP contribution in [0, 0.1) is 17.0 Å². The average Bonchev–Trinajstić information content (AvgIpc) is 3.53. The number of hydrogen-bond acceptors (Lipinski definition) is 6. The topological polar surface area (TPSA) is 108 Å². The third-order valence-electron chi connectivity index (χ3n) is 6.36. The van der Waals surface area contributed by atoms with E-state index in [-0.39, 0.29) is 22.3 Å². The molecule has 0 spiro atoms. The van der Waals surface area contributed by atoms with Crippen LogP contribution < -0.4 is 5.32 Å². The predicted molar refractivity (Wildman–Crippen MR) is 152 cm³/mol. The van der Waals surface area contributed by atoms with Crippen LogP contribution in [0.5, 0.6) is 0 Å². The van der Waals surface area contributed by atoms with Crippen molar-refractivity contribution < 1.29 is 8.78 Å². The van der Waals surface area contributed by atoms with Crippen molar-refractivity contribution in [3.05, 3.63) is 85.1 Å². The molecule has 6 rings (SSSR count).